The Morgan fingerprint density at radius 3 is 2.23 bits per heavy atom. The number of hydrogen-bond donors (Lipinski definition) is 0. The molecule has 128 valence electrons. The number of anilines is 1. The first kappa shape index (κ1) is 16.0. The molecule has 1 amide bonds. The van der Waals surface area contributed by atoms with Gasteiger partial charge in [0.05, 0.1) is 17.4 Å². The predicted octanol–water partition coefficient (Wildman–Crippen LogP) is 4.27. The van der Waals surface area contributed by atoms with Crippen molar-refractivity contribution < 1.29 is 9.72 Å². The quantitative estimate of drug-likeness (QED) is 0.526. The number of hydrogen-bond acceptors (Lipinski definition) is 3. The van der Waals surface area contributed by atoms with Gasteiger partial charge in [0.25, 0.3) is 5.69 Å². The van der Waals surface area contributed by atoms with Gasteiger partial charge in [-0.1, -0.05) is 54.6 Å². The van der Waals surface area contributed by atoms with Crippen LogP contribution < -0.4 is 4.90 Å². The molecule has 26 heavy (non-hydrogen) atoms. The van der Waals surface area contributed by atoms with Crippen LogP contribution >= 0.6 is 0 Å². The van der Waals surface area contributed by atoms with Crippen molar-refractivity contribution in [1.29, 1.82) is 0 Å². The van der Waals surface area contributed by atoms with Crippen LogP contribution in [0, 0.1) is 10.1 Å². The minimum atomic E-state index is -0.397. The van der Waals surface area contributed by atoms with Gasteiger partial charge in [-0.05, 0) is 28.8 Å². The first-order chi connectivity index (χ1) is 12.6. The van der Waals surface area contributed by atoms with E-state index >= 15 is 0 Å². The Morgan fingerprint density at radius 1 is 0.923 bits per heavy atom. The third kappa shape index (κ3) is 2.73. The number of nitrogens with zero attached hydrogens (tertiary/aromatic N) is 2. The fourth-order valence-electron chi connectivity index (χ4n) is 3.49. The summed E-state index contributed by atoms with van der Waals surface area (Å²) in [7, 11) is 0. The van der Waals surface area contributed by atoms with Crippen molar-refractivity contribution in [2.75, 3.05) is 4.90 Å². The van der Waals surface area contributed by atoms with Crippen LogP contribution in [0.15, 0.2) is 78.9 Å². The monoisotopic (exact) mass is 344 g/mol. The molecule has 0 saturated carbocycles. The maximum absolute atomic E-state index is 13.0. The van der Waals surface area contributed by atoms with E-state index in [9.17, 15) is 14.9 Å². The molecule has 0 aromatic heterocycles. The number of nitro benzene ring substituents is 1. The molecule has 0 radical (unpaired) electrons. The summed E-state index contributed by atoms with van der Waals surface area (Å²) < 4.78 is 0. The summed E-state index contributed by atoms with van der Waals surface area (Å²) in [6, 6.07) is 23.4. The van der Waals surface area contributed by atoms with E-state index in [4.69, 9.17) is 0 Å². The van der Waals surface area contributed by atoms with Gasteiger partial charge in [0.15, 0.2) is 0 Å². The molecular weight excluding hydrogens is 328 g/mol. The first-order valence-corrected chi connectivity index (χ1v) is 8.34. The molecule has 1 atom stereocenters. The smallest absolute Gasteiger partial charge is 0.269 e. The number of amides is 1. The number of carbonyl (C=O) groups is 1. The third-order valence-corrected chi connectivity index (χ3v) is 4.65. The van der Waals surface area contributed by atoms with Gasteiger partial charge < -0.3 is 4.90 Å². The molecule has 0 N–H and O–H groups in total. The molecule has 0 bridgehead atoms. The normalized spacial score (nSPS) is 16.2. The lowest BCUT2D eigenvalue weighted by Crippen LogP contribution is -2.41. The second-order valence-electron chi connectivity index (χ2n) is 6.23. The highest BCUT2D eigenvalue weighted by Crippen LogP contribution is 2.40. The van der Waals surface area contributed by atoms with Crippen LogP contribution in [0.3, 0.4) is 0 Å². The Morgan fingerprint density at radius 2 is 1.58 bits per heavy atom. The van der Waals surface area contributed by atoms with Crippen LogP contribution in [0.1, 0.15) is 22.7 Å². The van der Waals surface area contributed by atoms with Crippen LogP contribution in [0.5, 0.6) is 0 Å². The predicted molar refractivity (Wildman–Crippen MR) is 99.0 cm³/mol. The topological polar surface area (TPSA) is 63.4 Å². The molecule has 1 aliphatic heterocycles. The number of nitro groups is 1. The van der Waals surface area contributed by atoms with Crippen LogP contribution in [0.4, 0.5) is 11.4 Å². The third-order valence-electron chi connectivity index (χ3n) is 4.65. The van der Waals surface area contributed by atoms with E-state index in [0.29, 0.717) is 0 Å². The minimum absolute atomic E-state index is 0.0218. The lowest BCUT2D eigenvalue weighted by Gasteiger charge is -2.37. The summed E-state index contributed by atoms with van der Waals surface area (Å²) in [6.07, 6.45) is 0.228. The molecule has 0 saturated heterocycles. The molecule has 3 aromatic rings. The highest BCUT2D eigenvalue weighted by Gasteiger charge is 2.35. The van der Waals surface area contributed by atoms with Crippen LogP contribution in [0.2, 0.25) is 0 Å². The highest BCUT2D eigenvalue weighted by molar-refractivity contribution is 5.98. The molecule has 1 aliphatic rings. The lowest BCUT2D eigenvalue weighted by molar-refractivity contribution is -0.384. The van der Waals surface area contributed by atoms with Crippen molar-refractivity contribution in [2.45, 2.75) is 12.5 Å². The maximum atomic E-state index is 13.0. The fraction of sp³-hybridized carbons (Fsp3) is 0.0952. The summed E-state index contributed by atoms with van der Waals surface area (Å²) in [5.41, 5.74) is 3.37. The molecule has 3 aromatic carbocycles. The van der Waals surface area contributed by atoms with Gasteiger partial charge in [0.1, 0.15) is 0 Å². The number of carbonyl (C=O) groups excluding carboxylic acids is 1. The molecule has 1 unspecified atom stereocenters. The lowest BCUT2D eigenvalue weighted by atomic mass is 9.87. The number of non-ortho nitro benzene ring substituents is 1. The van der Waals surface area contributed by atoms with Crippen molar-refractivity contribution in [3.63, 3.8) is 0 Å². The van der Waals surface area contributed by atoms with Gasteiger partial charge in [-0.3, -0.25) is 14.9 Å². The Balaban J connectivity index is 1.94. The van der Waals surface area contributed by atoms with Crippen molar-refractivity contribution in [3.05, 3.63) is 106 Å². The molecule has 1 heterocycles. The largest absolute Gasteiger partial charge is 0.300 e. The number of fused-ring (bicyclic) bond motifs is 1. The average Bonchev–Trinajstić information content (AvgIpc) is 2.68. The fourth-order valence-corrected chi connectivity index (χ4v) is 3.49. The number of rotatable bonds is 3. The van der Waals surface area contributed by atoms with Crippen molar-refractivity contribution in [2.24, 2.45) is 0 Å². The SMILES string of the molecule is O=C1Cc2ccc([N+](=O)[O-])cc2C(c2ccccc2)N1c1ccccc1. The van der Waals surface area contributed by atoms with Crippen LogP contribution in [-0.2, 0) is 11.2 Å². The summed E-state index contributed by atoms with van der Waals surface area (Å²) in [6.45, 7) is 0. The zero-order valence-electron chi connectivity index (χ0n) is 13.9. The second kappa shape index (κ2) is 6.44. The molecule has 0 spiro atoms. The number of benzene rings is 3. The molecule has 5 nitrogen and oxygen atoms in total. The zero-order valence-corrected chi connectivity index (χ0v) is 13.9. The number of para-hydroxylation sites is 1. The second-order valence-corrected chi connectivity index (χ2v) is 6.23. The summed E-state index contributed by atoms with van der Waals surface area (Å²) in [4.78, 5) is 25.6. The zero-order chi connectivity index (χ0) is 18.1. The molecule has 0 aliphatic carbocycles. The summed E-state index contributed by atoms with van der Waals surface area (Å²) in [5, 5.41) is 11.3. The van der Waals surface area contributed by atoms with Crippen LogP contribution in [-0.4, -0.2) is 10.8 Å². The van der Waals surface area contributed by atoms with Gasteiger partial charge in [-0.2, -0.15) is 0 Å². The van der Waals surface area contributed by atoms with E-state index in [0.717, 1.165) is 22.4 Å². The van der Waals surface area contributed by atoms with Crippen molar-refractivity contribution in [1.82, 2.24) is 0 Å². The Hall–Kier alpha value is -3.47. The Labute approximate surface area is 150 Å². The van der Waals surface area contributed by atoms with Crippen molar-refractivity contribution in [3.8, 4) is 0 Å². The minimum Gasteiger partial charge on any atom is -0.300 e. The van der Waals surface area contributed by atoms with E-state index in [1.807, 2.05) is 60.7 Å². The maximum Gasteiger partial charge on any atom is 0.269 e. The van der Waals surface area contributed by atoms with E-state index in [-0.39, 0.29) is 18.0 Å². The standard InChI is InChI=1S/C21H16N2O3/c24-20-13-16-11-12-18(23(25)26)14-19(16)21(15-7-3-1-4-8-15)22(20)17-9-5-2-6-10-17/h1-12,14,21H,13H2. The Bertz CT molecular complexity index is 971. The van der Waals surface area contributed by atoms with Gasteiger partial charge in [0.2, 0.25) is 5.91 Å². The van der Waals surface area contributed by atoms with Gasteiger partial charge in [-0.25, -0.2) is 0 Å². The van der Waals surface area contributed by atoms with Gasteiger partial charge in [0, 0.05) is 17.8 Å². The molecule has 4 rings (SSSR count). The first-order valence-electron chi connectivity index (χ1n) is 8.34. The molecular formula is C21H16N2O3. The molecule has 0 fully saturated rings. The van der Waals surface area contributed by atoms with Crippen molar-refractivity contribution >= 4 is 17.3 Å². The van der Waals surface area contributed by atoms with E-state index in [2.05, 4.69) is 0 Å². The average molecular weight is 344 g/mol. The van der Waals surface area contributed by atoms with Gasteiger partial charge >= 0.3 is 0 Å². The summed E-state index contributed by atoms with van der Waals surface area (Å²) >= 11 is 0. The molecule has 5 heteroatoms. The van der Waals surface area contributed by atoms with E-state index in [1.54, 1.807) is 17.0 Å². The summed E-state index contributed by atoms with van der Waals surface area (Å²) in [5.74, 6) is -0.0218. The van der Waals surface area contributed by atoms with E-state index in [1.165, 1.54) is 6.07 Å². The Kier molecular flexibility index (Phi) is 3.97. The van der Waals surface area contributed by atoms with Gasteiger partial charge in [-0.15, -0.1) is 0 Å². The van der Waals surface area contributed by atoms with E-state index < -0.39 is 11.0 Å². The van der Waals surface area contributed by atoms with Crippen LogP contribution in [0.25, 0.3) is 0 Å². The highest BCUT2D eigenvalue weighted by atomic mass is 16.6.